The van der Waals surface area contributed by atoms with E-state index in [1.165, 1.54) is 64.2 Å². The summed E-state index contributed by atoms with van der Waals surface area (Å²) in [5.41, 5.74) is 3.42. The van der Waals surface area contributed by atoms with Gasteiger partial charge < -0.3 is 0 Å². The number of thiol groups is 1. The second kappa shape index (κ2) is 8.74. The highest BCUT2D eigenvalue weighted by Crippen LogP contribution is 2.40. The van der Waals surface area contributed by atoms with Gasteiger partial charge in [-0.25, -0.2) is 0 Å². The maximum Gasteiger partial charge on any atom is -0.0159 e. The summed E-state index contributed by atoms with van der Waals surface area (Å²) >= 11 is 3.03. The molecule has 1 aromatic rings. The molecule has 2 aliphatic rings. The third-order valence-corrected chi connectivity index (χ3v) is 5.09. The summed E-state index contributed by atoms with van der Waals surface area (Å²) in [6, 6.07) is 9.38. The topological polar surface area (TPSA) is 26.0 Å². The van der Waals surface area contributed by atoms with Crippen LogP contribution in [0, 0.1) is 0 Å². The van der Waals surface area contributed by atoms with Crippen molar-refractivity contribution in [1.29, 1.82) is 0 Å². The van der Waals surface area contributed by atoms with E-state index < -0.39 is 0 Å². The van der Waals surface area contributed by atoms with Crippen molar-refractivity contribution in [3.8, 4) is 0 Å². The lowest BCUT2D eigenvalue weighted by Crippen LogP contribution is -2.12. The highest BCUT2D eigenvalue weighted by Gasteiger charge is 2.23. The fraction of sp³-hybridized carbons (Fsp3) is 0.667. The average molecular weight is 292 g/mol. The highest BCUT2D eigenvalue weighted by molar-refractivity contribution is 7.77. The Balaban J connectivity index is 0.000000704. The van der Waals surface area contributed by atoms with Crippen LogP contribution in [0.5, 0.6) is 0 Å². The monoisotopic (exact) mass is 291 g/mol. The summed E-state index contributed by atoms with van der Waals surface area (Å²) in [5, 5.41) is 4.19. The Hall–Kier alpha value is -0.470. The van der Waals surface area contributed by atoms with E-state index in [0.717, 1.165) is 11.8 Å². The molecule has 3 rings (SSSR count). The SMILES string of the molecule is NS.c1ccc(C2CCCCC2)c(C2CCCCC2)c1. The van der Waals surface area contributed by atoms with Crippen LogP contribution in [-0.2, 0) is 0 Å². The summed E-state index contributed by atoms with van der Waals surface area (Å²) in [6.45, 7) is 0. The van der Waals surface area contributed by atoms with Crippen LogP contribution in [0.3, 0.4) is 0 Å². The molecule has 0 aromatic heterocycles. The van der Waals surface area contributed by atoms with Crippen molar-refractivity contribution in [2.75, 3.05) is 0 Å². The molecule has 0 spiro atoms. The largest absolute Gasteiger partial charge is 0.281 e. The maximum atomic E-state index is 4.19. The van der Waals surface area contributed by atoms with E-state index in [0.29, 0.717) is 0 Å². The van der Waals surface area contributed by atoms with Gasteiger partial charge in [0.25, 0.3) is 0 Å². The molecule has 0 heterocycles. The van der Waals surface area contributed by atoms with Gasteiger partial charge in [-0.2, -0.15) is 0 Å². The molecule has 0 bridgehead atoms. The van der Waals surface area contributed by atoms with Gasteiger partial charge in [0.15, 0.2) is 0 Å². The molecule has 2 aliphatic carbocycles. The zero-order valence-corrected chi connectivity index (χ0v) is 13.5. The molecular weight excluding hydrogens is 262 g/mol. The molecule has 0 amide bonds. The first kappa shape index (κ1) is 15.9. The summed E-state index contributed by atoms with van der Waals surface area (Å²) in [7, 11) is 0. The maximum absolute atomic E-state index is 4.19. The molecule has 0 saturated heterocycles. The van der Waals surface area contributed by atoms with Crippen LogP contribution in [0.15, 0.2) is 24.3 Å². The van der Waals surface area contributed by atoms with Crippen molar-refractivity contribution >= 4 is 12.8 Å². The summed E-state index contributed by atoms with van der Waals surface area (Å²) in [6.07, 6.45) is 14.5. The van der Waals surface area contributed by atoms with Gasteiger partial charge in [-0.1, -0.05) is 62.8 Å². The fourth-order valence-corrected chi connectivity index (χ4v) is 4.08. The van der Waals surface area contributed by atoms with Crippen LogP contribution >= 0.6 is 12.8 Å². The Kier molecular flexibility index (Phi) is 6.95. The minimum absolute atomic E-state index is 0.872. The zero-order chi connectivity index (χ0) is 14.2. The van der Waals surface area contributed by atoms with Gasteiger partial charge in [0.05, 0.1) is 0 Å². The normalized spacial score (nSPS) is 21.1. The quantitative estimate of drug-likeness (QED) is 0.684. The van der Waals surface area contributed by atoms with Crippen molar-refractivity contribution in [3.63, 3.8) is 0 Å². The third-order valence-electron chi connectivity index (χ3n) is 5.09. The molecule has 1 nitrogen and oxygen atoms in total. The van der Waals surface area contributed by atoms with Crippen molar-refractivity contribution in [2.24, 2.45) is 5.14 Å². The van der Waals surface area contributed by atoms with Crippen LogP contribution in [-0.4, -0.2) is 0 Å². The molecule has 2 saturated carbocycles. The predicted octanol–water partition coefficient (Wildman–Crippen LogP) is 5.57. The van der Waals surface area contributed by atoms with Crippen LogP contribution in [0.25, 0.3) is 0 Å². The number of rotatable bonds is 2. The van der Waals surface area contributed by atoms with Crippen LogP contribution < -0.4 is 5.14 Å². The van der Waals surface area contributed by atoms with Crippen molar-refractivity contribution in [1.82, 2.24) is 0 Å². The summed E-state index contributed by atoms with van der Waals surface area (Å²) in [4.78, 5) is 0. The van der Waals surface area contributed by atoms with Crippen LogP contribution in [0.2, 0.25) is 0 Å². The molecule has 0 radical (unpaired) electrons. The van der Waals surface area contributed by atoms with E-state index in [2.05, 4.69) is 42.2 Å². The molecule has 0 atom stereocenters. The van der Waals surface area contributed by atoms with Crippen molar-refractivity contribution < 1.29 is 0 Å². The lowest BCUT2D eigenvalue weighted by Gasteiger charge is -2.29. The fourth-order valence-electron chi connectivity index (χ4n) is 4.08. The summed E-state index contributed by atoms with van der Waals surface area (Å²) < 4.78 is 0. The van der Waals surface area contributed by atoms with Gasteiger partial charge >= 0.3 is 0 Å². The van der Waals surface area contributed by atoms with E-state index in [1.54, 1.807) is 11.1 Å². The molecular formula is C18H29NS. The molecule has 20 heavy (non-hydrogen) atoms. The first-order valence-electron chi connectivity index (χ1n) is 8.30. The van der Waals surface area contributed by atoms with E-state index in [1.807, 2.05) is 0 Å². The number of hydrogen-bond donors (Lipinski definition) is 2. The number of nitrogens with two attached hydrogens (primary N) is 1. The van der Waals surface area contributed by atoms with E-state index in [-0.39, 0.29) is 0 Å². The van der Waals surface area contributed by atoms with Gasteiger partial charge in [-0.15, -0.1) is 12.8 Å². The van der Waals surface area contributed by atoms with Crippen LogP contribution in [0.4, 0.5) is 0 Å². The lowest BCUT2D eigenvalue weighted by atomic mass is 9.76. The second-order valence-corrected chi connectivity index (χ2v) is 6.30. The van der Waals surface area contributed by atoms with Crippen molar-refractivity contribution in [2.45, 2.75) is 76.0 Å². The van der Waals surface area contributed by atoms with Gasteiger partial charge in [-0.3, -0.25) is 5.14 Å². The lowest BCUT2D eigenvalue weighted by molar-refractivity contribution is 0.419. The van der Waals surface area contributed by atoms with Crippen molar-refractivity contribution in [3.05, 3.63) is 35.4 Å². The van der Waals surface area contributed by atoms with Crippen LogP contribution in [0.1, 0.15) is 87.2 Å². The van der Waals surface area contributed by atoms with Gasteiger partial charge in [0.1, 0.15) is 0 Å². The minimum atomic E-state index is 0.872. The van der Waals surface area contributed by atoms with E-state index >= 15 is 0 Å². The molecule has 0 unspecified atom stereocenters. The standard InChI is InChI=1S/C18H26.H3NS/c1-3-9-15(10-4-1)17-13-7-8-14-18(17)16-11-5-2-6-12-16;1-2/h7-8,13-16H,1-6,9-12H2;2H,1H2. The summed E-state index contributed by atoms with van der Waals surface area (Å²) in [5.74, 6) is 1.74. The van der Waals surface area contributed by atoms with Gasteiger partial charge in [0, 0.05) is 0 Å². The molecule has 2 N–H and O–H groups in total. The molecule has 112 valence electrons. The Morgan fingerprint density at radius 3 is 1.35 bits per heavy atom. The van der Waals surface area contributed by atoms with E-state index in [9.17, 15) is 0 Å². The molecule has 2 fully saturated rings. The Labute approximate surface area is 129 Å². The first-order valence-corrected chi connectivity index (χ1v) is 8.81. The molecule has 1 aromatic carbocycles. The first-order chi connectivity index (χ1) is 9.95. The zero-order valence-electron chi connectivity index (χ0n) is 12.6. The number of benzene rings is 1. The highest BCUT2D eigenvalue weighted by atomic mass is 32.1. The Morgan fingerprint density at radius 2 is 1.00 bits per heavy atom. The predicted molar refractivity (Wildman–Crippen MR) is 91.3 cm³/mol. The minimum Gasteiger partial charge on any atom is -0.281 e. The van der Waals surface area contributed by atoms with E-state index in [4.69, 9.17) is 0 Å². The number of hydrogen-bond acceptors (Lipinski definition) is 2. The van der Waals surface area contributed by atoms with Gasteiger partial charge in [-0.05, 0) is 48.6 Å². The van der Waals surface area contributed by atoms with Gasteiger partial charge in [0.2, 0.25) is 0 Å². The Bertz CT molecular complexity index is 342. The molecule has 2 heteroatoms. The smallest absolute Gasteiger partial charge is 0.0159 e. The Morgan fingerprint density at radius 1 is 0.650 bits per heavy atom. The third kappa shape index (κ3) is 4.02. The second-order valence-electron chi connectivity index (χ2n) is 6.30. The average Bonchev–Trinajstić information content (AvgIpc) is 2.58. The molecule has 0 aliphatic heterocycles.